The van der Waals surface area contributed by atoms with Crippen molar-refractivity contribution in [3.05, 3.63) is 35.9 Å². The first-order valence-corrected chi connectivity index (χ1v) is 5.38. The predicted octanol–water partition coefficient (Wildman–Crippen LogP) is 0.747. The van der Waals surface area contributed by atoms with Crippen LogP contribution in [0.5, 0.6) is 0 Å². The van der Waals surface area contributed by atoms with Crippen LogP contribution < -0.4 is 5.73 Å². The van der Waals surface area contributed by atoms with E-state index in [1.165, 1.54) is 0 Å². The van der Waals surface area contributed by atoms with Gasteiger partial charge in [-0.15, -0.1) is 0 Å². The Bertz CT molecular complexity index is 406. The standard InChI is InChI=1S/C12H15NO5/c1-8(9-5-3-2-4-6-9)17-12(16)18-11(15)10(13)7-14/h2-6,8,10,14H,7,13H2,1H3/t8?,10-/m0/s1. The zero-order valence-corrected chi connectivity index (χ0v) is 9.91. The molecule has 0 spiro atoms. The molecule has 0 fully saturated rings. The van der Waals surface area contributed by atoms with Gasteiger partial charge in [0, 0.05) is 0 Å². The first-order valence-electron chi connectivity index (χ1n) is 5.38. The van der Waals surface area contributed by atoms with Gasteiger partial charge in [0.2, 0.25) is 0 Å². The van der Waals surface area contributed by atoms with Gasteiger partial charge in [-0.2, -0.15) is 0 Å². The smallest absolute Gasteiger partial charge is 0.426 e. The maximum absolute atomic E-state index is 11.3. The van der Waals surface area contributed by atoms with Gasteiger partial charge in [0.1, 0.15) is 12.1 Å². The molecule has 0 aliphatic rings. The molecule has 0 saturated heterocycles. The largest absolute Gasteiger partial charge is 0.516 e. The van der Waals surface area contributed by atoms with Crippen LogP contribution in [0.2, 0.25) is 0 Å². The number of hydrogen-bond donors (Lipinski definition) is 2. The summed E-state index contributed by atoms with van der Waals surface area (Å²) in [5.41, 5.74) is 5.95. The van der Waals surface area contributed by atoms with Crippen molar-refractivity contribution < 1.29 is 24.2 Å². The highest BCUT2D eigenvalue weighted by Crippen LogP contribution is 2.16. The number of hydrogen-bond acceptors (Lipinski definition) is 6. The van der Waals surface area contributed by atoms with Crippen molar-refractivity contribution in [2.45, 2.75) is 19.1 Å². The fourth-order valence-electron chi connectivity index (χ4n) is 1.19. The summed E-state index contributed by atoms with van der Waals surface area (Å²) in [5, 5.41) is 8.60. The normalized spacial score (nSPS) is 13.5. The van der Waals surface area contributed by atoms with Crippen LogP contribution in [-0.2, 0) is 14.3 Å². The van der Waals surface area contributed by atoms with Gasteiger partial charge >= 0.3 is 12.1 Å². The van der Waals surface area contributed by atoms with Gasteiger partial charge in [-0.1, -0.05) is 30.3 Å². The zero-order valence-electron chi connectivity index (χ0n) is 9.91. The number of benzene rings is 1. The molecule has 6 heteroatoms. The predicted molar refractivity (Wildman–Crippen MR) is 62.5 cm³/mol. The Morgan fingerprint density at radius 1 is 1.33 bits per heavy atom. The summed E-state index contributed by atoms with van der Waals surface area (Å²) in [6.45, 7) is 1.05. The van der Waals surface area contributed by atoms with E-state index in [1.54, 1.807) is 31.2 Å². The molecule has 0 aliphatic carbocycles. The van der Waals surface area contributed by atoms with E-state index in [1.807, 2.05) is 6.07 Å². The van der Waals surface area contributed by atoms with Crippen molar-refractivity contribution in [2.24, 2.45) is 5.73 Å². The van der Waals surface area contributed by atoms with Crippen molar-refractivity contribution in [1.29, 1.82) is 0 Å². The molecular weight excluding hydrogens is 238 g/mol. The van der Waals surface area contributed by atoms with E-state index in [2.05, 4.69) is 4.74 Å². The molecule has 0 radical (unpaired) electrons. The van der Waals surface area contributed by atoms with Gasteiger partial charge in [0.05, 0.1) is 6.61 Å². The minimum Gasteiger partial charge on any atom is -0.426 e. The number of aliphatic hydroxyl groups is 1. The van der Waals surface area contributed by atoms with Crippen molar-refractivity contribution >= 4 is 12.1 Å². The van der Waals surface area contributed by atoms with E-state index in [4.69, 9.17) is 15.6 Å². The number of ether oxygens (including phenoxy) is 2. The molecule has 98 valence electrons. The lowest BCUT2D eigenvalue weighted by Crippen LogP contribution is -2.37. The van der Waals surface area contributed by atoms with Crippen LogP contribution in [0.25, 0.3) is 0 Å². The Morgan fingerprint density at radius 3 is 2.50 bits per heavy atom. The molecule has 18 heavy (non-hydrogen) atoms. The highest BCUT2D eigenvalue weighted by atomic mass is 16.7. The number of carbonyl (C=O) groups excluding carboxylic acids is 2. The highest BCUT2D eigenvalue weighted by molar-refractivity contribution is 5.85. The fourth-order valence-corrected chi connectivity index (χ4v) is 1.19. The van der Waals surface area contributed by atoms with Crippen molar-refractivity contribution in [1.82, 2.24) is 0 Å². The molecule has 3 N–H and O–H groups in total. The molecule has 0 saturated carbocycles. The first kappa shape index (κ1) is 14.1. The number of carbonyl (C=O) groups is 2. The SMILES string of the molecule is CC(OC(=O)OC(=O)[C@@H](N)CO)c1ccccc1. The average molecular weight is 253 g/mol. The molecule has 0 bridgehead atoms. The third-order valence-electron chi connectivity index (χ3n) is 2.23. The Labute approximate surface area is 104 Å². The molecule has 0 amide bonds. The van der Waals surface area contributed by atoms with E-state index < -0.39 is 30.9 Å². The van der Waals surface area contributed by atoms with E-state index in [9.17, 15) is 9.59 Å². The molecule has 0 heterocycles. The second-order valence-electron chi connectivity index (χ2n) is 3.63. The highest BCUT2D eigenvalue weighted by Gasteiger charge is 2.20. The van der Waals surface area contributed by atoms with Crippen molar-refractivity contribution in [3.8, 4) is 0 Å². The lowest BCUT2D eigenvalue weighted by molar-refractivity contribution is -0.142. The minimum atomic E-state index is -1.25. The van der Waals surface area contributed by atoms with Crippen LogP contribution in [0, 0.1) is 0 Å². The second-order valence-corrected chi connectivity index (χ2v) is 3.63. The van der Waals surface area contributed by atoms with Crippen LogP contribution >= 0.6 is 0 Å². The van der Waals surface area contributed by atoms with Gasteiger partial charge in [0.15, 0.2) is 0 Å². The van der Waals surface area contributed by atoms with Crippen LogP contribution in [0.4, 0.5) is 4.79 Å². The third-order valence-corrected chi connectivity index (χ3v) is 2.23. The van der Waals surface area contributed by atoms with Crippen molar-refractivity contribution in [2.75, 3.05) is 6.61 Å². The first-order chi connectivity index (χ1) is 8.54. The number of rotatable bonds is 4. The molecule has 1 aromatic carbocycles. The molecule has 6 nitrogen and oxygen atoms in total. The monoisotopic (exact) mass is 253 g/mol. The average Bonchev–Trinajstić information content (AvgIpc) is 2.38. The van der Waals surface area contributed by atoms with Crippen molar-refractivity contribution in [3.63, 3.8) is 0 Å². The van der Waals surface area contributed by atoms with Crippen LogP contribution in [0.3, 0.4) is 0 Å². The van der Waals surface area contributed by atoms with Crippen LogP contribution in [-0.4, -0.2) is 29.9 Å². The summed E-state index contributed by atoms with van der Waals surface area (Å²) in [6, 6.07) is 7.74. The molecule has 1 unspecified atom stereocenters. The summed E-state index contributed by atoms with van der Waals surface area (Å²) in [4.78, 5) is 22.3. The van der Waals surface area contributed by atoms with Gasteiger partial charge in [-0.3, -0.25) is 0 Å². The lowest BCUT2D eigenvalue weighted by Gasteiger charge is -2.13. The van der Waals surface area contributed by atoms with E-state index in [-0.39, 0.29) is 0 Å². The molecule has 0 aliphatic heterocycles. The Hall–Kier alpha value is -1.92. The Kier molecular flexibility index (Phi) is 5.29. The zero-order chi connectivity index (χ0) is 13.5. The molecule has 1 rings (SSSR count). The number of esters is 1. The Balaban J connectivity index is 2.48. The van der Waals surface area contributed by atoms with Gasteiger partial charge in [0.25, 0.3) is 0 Å². The Morgan fingerprint density at radius 2 is 1.94 bits per heavy atom. The molecular formula is C12H15NO5. The molecule has 0 aromatic heterocycles. The number of aliphatic hydroxyl groups excluding tert-OH is 1. The van der Waals surface area contributed by atoms with E-state index >= 15 is 0 Å². The lowest BCUT2D eigenvalue weighted by atomic mass is 10.1. The minimum absolute atomic E-state index is 0.545. The topological polar surface area (TPSA) is 98.9 Å². The quantitative estimate of drug-likeness (QED) is 0.606. The maximum Gasteiger partial charge on any atom is 0.516 e. The van der Waals surface area contributed by atoms with Crippen LogP contribution in [0.1, 0.15) is 18.6 Å². The van der Waals surface area contributed by atoms with E-state index in [0.29, 0.717) is 0 Å². The summed E-state index contributed by atoms with van der Waals surface area (Å²) in [7, 11) is 0. The van der Waals surface area contributed by atoms with Crippen LogP contribution in [0.15, 0.2) is 30.3 Å². The number of nitrogens with two attached hydrogens (primary N) is 1. The fraction of sp³-hybridized carbons (Fsp3) is 0.333. The third kappa shape index (κ3) is 4.15. The maximum atomic E-state index is 11.3. The van der Waals surface area contributed by atoms with Gasteiger partial charge < -0.3 is 20.3 Å². The van der Waals surface area contributed by atoms with Gasteiger partial charge in [-0.25, -0.2) is 9.59 Å². The van der Waals surface area contributed by atoms with Gasteiger partial charge in [-0.05, 0) is 12.5 Å². The summed E-state index contributed by atoms with van der Waals surface area (Å²) in [5.74, 6) is -1.03. The van der Waals surface area contributed by atoms with E-state index in [0.717, 1.165) is 5.56 Å². The summed E-state index contributed by atoms with van der Waals surface area (Å²) < 4.78 is 9.19. The summed E-state index contributed by atoms with van der Waals surface area (Å²) >= 11 is 0. The summed E-state index contributed by atoms with van der Waals surface area (Å²) in [6.07, 6.45) is -1.68. The molecule has 2 atom stereocenters. The second kappa shape index (κ2) is 6.73. The molecule has 1 aromatic rings.